The molecule has 2 aromatic rings. The predicted molar refractivity (Wildman–Crippen MR) is 79.3 cm³/mol. The molecule has 0 atom stereocenters. The third-order valence-electron chi connectivity index (χ3n) is 2.75. The van der Waals surface area contributed by atoms with Crippen LogP contribution in [0.25, 0.3) is 11.1 Å². The summed E-state index contributed by atoms with van der Waals surface area (Å²) in [4.78, 5) is 13.3. The molecule has 0 aromatic heterocycles. The highest BCUT2D eigenvalue weighted by Gasteiger charge is 2.08. The zero-order chi connectivity index (χ0) is 14.0. The molecule has 0 fully saturated rings. The SMILES string of the molecule is CN(C)C(=O)c1ccc(-c2cc(O)cc(Br)c2)cc1. The quantitative estimate of drug-likeness (QED) is 0.920. The number of nitrogens with zero attached hydrogens (tertiary/aromatic N) is 1. The maximum absolute atomic E-state index is 11.8. The van der Waals surface area contributed by atoms with E-state index in [1.165, 1.54) is 0 Å². The van der Waals surface area contributed by atoms with Gasteiger partial charge in [0, 0.05) is 24.1 Å². The number of aromatic hydroxyl groups is 1. The molecule has 0 spiro atoms. The van der Waals surface area contributed by atoms with Crippen LogP contribution < -0.4 is 0 Å². The van der Waals surface area contributed by atoms with Gasteiger partial charge in [0.15, 0.2) is 0 Å². The molecule has 3 nitrogen and oxygen atoms in total. The number of phenols is 1. The van der Waals surface area contributed by atoms with Crippen LogP contribution in [0.15, 0.2) is 46.9 Å². The van der Waals surface area contributed by atoms with Crippen molar-refractivity contribution in [1.82, 2.24) is 4.90 Å². The van der Waals surface area contributed by atoms with E-state index < -0.39 is 0 Å². The van der Waals surface area contributed by atoms with Crippen molar-refractivity contribution in [2.24, 2.45) is 0 Å². The van der Waals surface area contributed by atoms with E-state index in [-0.39, 0.29) is 11.7 Å². The summed E-state index contributed by atoms with van der Waals surface area (Å²) in [6.07, 6.45) is 0. The molecule has 19 heavy (non-hydrogen) atoms. The number of hydrogen-bond donors (Lipinski definition) is 1. The Bertz CT molecular complexity index is 586. The van der Waals surface area contributed by atoms with Gasteiger partial charge in [0.2, 0.25) is 0 Å². The first kappa shape index (κ1) is 13.6. The second-order valence-electron chi connectivity index (χ2n) is 4.48. The Labute approximate surface area is 120 Å². The number of carbonyl (C=O) groups is 1. The minimum absolute atomic E-state index is 0.0244. The average molecular weight is 320 g/mol. The average Bonchev–Trinajstić information content (AvgIpc) is 2.37. The number of phenolic OH excluding ortho intramolecular Hbond substituents is 1. The fourth-order valence-corrected chi connectivity index (χ4v) is 2.29. The van der Waals surface area contributed by atoms with Gasteiger partial charge in [0.25, 0.3) is 5.91 Å². The summed E-state index contributed by atoms with van der Waals surface area (Å²) in [5.74, 6) is 0.182. The van der Waals surface area contributed by atoms with Gasteiger partial charge in [0.1, 0.15) is 5.75 Å². The molecule has 2 aromatic carbocycles. The molecule has 4 heteroatoms. The summed E-state index contributed by atoms with van der Waals surface area (Å²) >= 11 is 3.35. The van der Waals surface area contributed by atoms with E-state index in [4.69, 9.17) is 0 Å². The molecular weight excluding hydrogens is 306 g/mol. The van der Waals surface area contributed by atoms with Crippen molar-refractivity contribution in [3.63, 3.8) is 0 Å². The van der Waals surface area contributed by atoms with Crippen molar-refractivity contribution in [1.29, 1.82) is 0 Å². The standard InChI is InChI=1S/C15H14BrNO2/c1-17(2)15(19)11-5-3-10(4-6-11)12-7-13(16)9-14(18)8-12/h3-9,18H,1-2H3. The Balaban J connectivity index is 2.35. The van der Waals surface area contributed by atoms with Crippen molar-refractivity contribution in [3.05, 3.63) is 52.5 Å². The molecule has 2 rings (SSSR count). The van der Waals surface area contributed by atoms with Crippen LogP contribution in [0.4, 0.5) is 0 Å². The third kappa shape index (κ3) is 3.15. The molecule has 1 N–H and O–H groups in total. The van der Waals surface area contributed by atoms with E-state index in [2.05, 4.69) is 15.9 Å². The van der Waals surface area contributed by atoms with Crippen molar-refractivity contribution < 1.29 is 9.90 Å². The van der Waals surface area contributed by atoms with Gasteiger partial charge in [-0.1, -0.05) is 28.1 Å². The van der Waals surface area contributed by atoms with Crippen molar-refractivity contribution in [3.8, 4) is 16.9 Å². The van der Waals surface area contributed by atoms with Gasteiger partial charge in [-0.25, -0.2) is 0 Å². The van der Waals surface area contributed by atoms with Crippen LogP contribution >= 0.6 is 15.9 Å². The molecule has 0 aliphatic carbocycles. The lowest BCUT2D eigenvalue weighted by Crippen LogP contribution is -2.21. The van der Waals surface area contributed by atoms with E-state index >= 15 is 0 Å². The van der Waals surface area contributed by atoms with Gasteiger partial charge < -0.3 is 10.0 Å². The minimum Gasteiger partial charge on any atom is -0.508 e. The van der Waals surface area contributed by atoms with Crippen molar-refractivity contribution >= 4 is 21.8 Å². The smallest absolute Gasteiger partial charge is 0.253 e. The Morgan fingerprint density at radius 1 is 1.05 bits per heavy atom. The second kappa shape index (κ2) is 5.45. The highest BCUT2D eigenvalue weighted by atomic mass is 79.9. The molecule has 0 aliphatic heterocycles. The first-order valence-corrected chi connectivity index (χ1v) is 6.58. The molecule has 0 unspecified atom stereocenters. The van der Waals surface area contributed by atoms with Gasteiger partial charge >= 0.3 is 0 Å². The zero-order valence-electron chi connectivity index (χ0n) is 10.7. The monoisotopic (exact) mass is 319 g/mol. The molecule has 0 saturated carbocycles. The van der Waals surface area contributed by atoms with Crippen LogP contribution in [0, 0.1) is 0 Å². The number of benzene rings is 2. The van der Waals surface area contributed by atoms with Gasteiger partial charge in [0.05, 0.1) is 0 Å². The lowest BCUT2D eigenvalue weighted by molar-refractivity contribution is 0.0827. The molecule has 1 amide bonds. The summed E-state index contributed by atoms with van der Waals surface area (Å²) in [5.41, 5.74) is 2.50. The van der Waals surface area contributed by atoms with Gasteiger partial charge in [-0.15, -0.1) is 0 Å². The topological polar surface area (TPSA) is 40.5 Å². The molecule has 0 radical (unpaired) electrons. The van der Waals surface area contributed by atoms with Gasteiger partial charge in [-0.3, -0.25) is 4.79 Å². The predicted octanol–water partition coefficient (Wildman–Crippen LogP) is 3.52. The first-order chi connectivity index (χ1) is 8.97. The summed E-state index contributed by atoms with van der Waals surface area (Å²) in [6, 6.07) is 12.6. The molecule has 0 saturated heterocycles. The number of rotatable bonds is 2. The Hall–Kier alpha value is -1.81. The van der Waals surface area contributed by atoms with Crippen LogP contribution in [0.1, 0.15) is 10.4 Å². The normalized spacial score (nSPS) is 10.3. The van der Waals surface area contributed by atoms with Crippen molar-refractivity contribution in [2.75, 3.05) is 14.1 Å². The summed E-state index contributed by atoms with van der Waals surface area (Å²) in [6.45, 7) is 0. The first-order valence-electron chi connectivity index (χ1n) is 5.79. The number of amides is 1. The van der Waals surface area contributed by atoms with Crippen LogP contribution in [-0.2, 0) is 0 Å². The lowest BCUT2D eigenvalue weighted by Gasteiger charge is -2.10. The summed E-state index contributed by atoms with van der Waals surface area (Å²) < 4.78 is 0.816. The fourth-order valence-electron chi connectivity index (χ4n) is 1.80. The number of halogens is 1. The molecular formula is C15H14BrNO2. The highest BCUT2D eigenvalue weighted by molar-refractivity contribution is 9.10. The summed E-state index contributed by atoms with van der Waals surface area (Å²) in [5, 5.41) is 9.58. The Morgan fingerprint density at radius 3 is 2.21 bits per heavy atom. The van der Waals surface area contributed by atoms with Gasteiger partial charge in [-0.05, 0) is 41.5 Å². The van der Waals surface area contributed by atoms with E-state index in [1.807, 2.05) is 18.2 Å². The Morgan fingerprint density at radius 2 is 1.68 bits per heavy atom. The lowest BCUT2D eigenvalue weighted by atomic mass is 10.0. The highest BCUT2D eigenvalue weighted by Crippen LogP contribution is 2.28. The van der Waals surface area contributed by atoms with E-state index in [9.17, 15) is 9.90 Å². The van der Waals surface area contributed by atoms with Crippen LogP contribution in [-0.4, -0.2) is 30.0 Å². The fraction of sp³-hybridized carbons (Fsp3) is 0.133. The van der Waals surface area contributed by atoms with E-state index in [0.29, 0.717) is 5.56 Å². The summed E-state index contributed by atoms with van der Waals surface area (Å²) in [7, 11) is 3.45. The molecule has 0 heterocycles. The second-order valence-corrected chi connectivity index (χ2v) is 5.39. The molecule has 0 aliphatic rings. The molecule has 0 bridgehead atoms. The maximum atomic E-state index is 11.8. The van der Waals surface area contributed by atoms with Crippen LogP contribution in [0.2, 0.25) is 0 Å². The number of carbonyl (C=O) groups excluding carboxylic acids is 1. The number of hydrogen-bond acceptors (Lipinski definition) is 2. The van der Waals surface area contributed by atoms with Gasteiger partial charge in [-0.2, -0.15) is 0 Å². The van der Waals surface area contributed by atoms with Crippen molar-refractivity contribution in [2.45, 2.75) is 0 Å². The molecule has 98 valence electrons. The Kier molecular flexibility index (Phi) is 3.90. The largest absolute Gasteiger partial charge is 0.508 e. The zero-order valence-corrected chi connectivity index (χ0v) is 12.3. The maximum Gasteiger partial charge on any atom is 0.253 e. The third-order valence-corrected chi connectivity index (χ3v) is 3.21. The minimum atomic E-state index is -0.0244. The van der Waals surface area contributed by atoms with Crippen LogP contribution in [0.3, 0.4) is 0 Å². The van der Waals surface area contributed by atoms with E-state index in [1.54, 1.807) is 43.3 Å². The van der Waals surface area contributed by atoms with E-state index in [0.717, 1.165) is 15.6 Å². The van der Waals surface area contributed by atoms with Crippen LogP contribution in [0.5, 0.6) is 5.75 Å².